The molecule has 0 aliphatic heterocycles. The molecule has 2 aromatic rings. The number of nitrogens with zero attached hydrogens (tertiary/aromatic N) is 1. The smallest absolute Gasteiger partial charge is 0.0610 e. The first-order chi connectivity index (χ1) is 8.22. The van der Waals surface area contributed by atoms with Gasteiger partial charge < -0.3 is 15.0 Å². The molecule has 0 bridgehead atoms. The fourth-order valence-electron chi connectivity index (χ4n) is 2.09. The molecular weight excluding hydrogens is 212 g/mol. The van der Waals surface area contributed by atoms with Gasteiger partial charge in [0.25, 0.3) is 0 Å². The van der Waals surface area contributed by atoms with Crippen molar-refractivity contribution in [3.05, 3.63) is 36.0 Å². The standard InChI is InChI=1S/C14H20N2O/c1-11(2)15-10-13-5-3-4-12-6-7-16(8-9-17)14(12)13/h3-7,11,15,17H,8-10H2,1-2H3. The van der Waals surface area contributed by atoms with Crippen molar-refractivity contribution in [3.8, 4) is 0 Å². The van der Waals surface area contributed by atoms with Crippen LogP contribution in [0.2, 0.25) is 0 Å². The van der Waals surface area contributed by atoms with Gasteiger partial charge in [0.1, 0.15) is 0 Å². The van der Waals surface area contributed by atoms with Gasteiger partial charge in [0.2, 0.25) is 0 Å². The van der Waals surface area contributed by atoms with Gasteiger partial charge in [-0.1, -0.05) is 32.0 Å². The summed E-state index contributed by atoms with van der Waals surface area (Å²) in [7, 11) is 0. The van der Waals surface area contributed by atoms with Gasteiger partial charge in [-0.05, 0) is 17.0 Å². The largest absolute Gasteiger partial charge is 0.395 e. The molecule has 0 saturated heterocycles. The lowest BCUT2D eigenvalue weighted by Gasteiger charge is -2.11. The molecule has 2 N–H and O–H groups in total. The fourth-order valence-corrected chi connectivity index (χ4v) is 2.09. The Hall–Kier alpha value is -1.32. The third kappa shape index (κ3) is 2.68. The van der Waals surface area contributed by atoms with E-state index in [1.165, 1.54) is 16.5 Å². The Labute approximate surface area is 102 Å². The summed E-state index contributed by atoms with van der Waals surface area (Å²) in [4.78, 5) is 0. The minimum absolute atomic E-state index is 0.176. The van der Waals surface area contributed by atoms with Crippen LogP contribution in [-0.4, -0.2) is 22.3 Å². The Kier molecular flexibility index (Phi) is 3.82. The summed E-state index contributed by atoms with van der Waals surface area (Å²) in [6.45, 7) is 5.99. The van der Waals surface area contributed by atoms with E-state index in [2.05, 4.69) is 48.0 Å². The molecule has 3 nitrogen and oxygen atoms in total. The number of para-hydroxylation sites is 1. The minimum Gasteiger partial charge on any atom is -0.395 e. The SMILES string of the molecule is CC(C)NCc1cccc2ccn(CCO)c12. The molecule has 0 spiro atoms. The first kappa shape index (κ1) is 12.1. The third-order valence-corrected chi connectivity index (χ3v) is 2.91. The van der Waals surface area contributed by atoms with E-state index in [1.54, 1.807) is 0 Å². The predicted octanol–water partition coefficient (Wildman–Crippen LogP) is 2.13. The molecule has 0 atom stereocenters. The molecule has 0 aliphatic carbocycles. The average molecular weight is 232 g/mol. The number of rotatable bonds is 5. The van der Waals surface area contributed by atoms with E-state index >= 15 is 0 Å². The normalized spacial score (nSPS) is 11.5. The van der Waals surface area contributed by atoms with Gasteiger partial charge >= 0.3 is 0 Å². The summed E-state index contributed by atoms with van der Waals surface area (Å²) in [5.41, 5.74) is 2.52. The van der Waals surface area contributed by atoms with Crippen LogP contribution in [0.25, 0.3) is 10.9 Å². The van der Waals surface area contributed by atoms with Gasteiger partial charge in [-0.2, -0.15) is 0 Å². The maximum absolute atomic E-state index is 9.07. The number of aliphatic hydroxyl groups excluding tert-OH is 1. The van der Waals surface area contributed by atoms with E-state index in [-0.39, 0.29) is 6.61 Å². The van der Waals surface area contributed by atoms with Gasteiger partial charge in [-0.3, -0.25) is 0 Å². The van der Waals surface area contributed by atoms with Crippen LogP contribution in [0.5, 0.6) is 0 Å². The molecule has 2 rings (SSSR count). The molecule has 1 aromatic carbocycles. The summed E-state index contributed by atoms with van der Waals surface area (Å²) >= 11 is 0. The molecule has 3 heteroatoms. The van der Waals surface area contributed by atoms with Gasteiger partial charge in [-0.25, -0.2) is 0 Å². The highest BCUT2D eigenvalue weighted by Gasteiger charge is 2.06. The van der Waals surface area contributed by atoms with Gasteiger partial charge in [-0.15, -0.1) is 0 Å². The highest BCUT2D eigenvalue weighted by molar-refractivity contribution is 5.83. The molecule has 17 heavy (non-hydrogen) atoms. The maximum Gasteiger partial charge on any atom is 0.0610 e. The van der Waals surface area contributed by atoms with Crippen LogP contribution in [0.15, 0.2) is 30.5 Å². The second-order valence-electron chi connectivity index (χ2n) is 4.62. The van der Waals surface area contributed by atoms with Crippen molar-refractivity contribution in [3.63, 3.8) is 0 Å². The molecule has 0 amide bonds. The molecule has 1 heterocycles. The number of hydrogen-bond acceptors (Lipinski definition) is 2. The number of hydrogen-bond donors (Lipinski definition) is 2. The minimum atomic E-state index is 0.176. The average Bonchev–Trinajstić information content (AvgIpc) is 2.71. The number of aromatic nitrogens is 1. The molecule has 0 radical (unpaired) electrons. The summed E-state index contributed by atoms with van der Waals surface area (Å²) in [6.07, 6.45) is 2.04. The number of fused-ring (bicyclic) bond motifs is 1. The first-order valence-corrected chi connectivity index (χ1v) is 6.13. The molecule has 92 valence electrons. The third-order valence-electron chi connectivity index (χ3n) is 2.91. The second kappa shape index (κ2) is 5.34. The van der Waals surface area contributed by atoms with Crippen molar-refractivity contribution in [1.29, 1.82) is 0 Å². The molecule has 0 aliphatic rings. The quantitative estimate of drug-likeness (QED) is 0.828. The summed E-state index contributed by atoms with van der Waals surface area (Å²) in [5, 5.41) is 13.7. The Morgan fingerprint density at radius 2 is 2.12 bits per heavy atom. The predicted molar refractivity (Wildman–Crippen MR) is 71.0 cm³/mol. The van der Waals surface area contributed by atoms with Crippen LogP contribution >= 0.6 is 0 Å². The zero-order valence-corrected chi connectivity index (χ0v) is 10.5. The van der Waals surface area contributed by atoms with Gasteiger partial charge in [0, 0.05) is 25.3 Å². The van der Waals surface area contributed by atoms with Gasteiger partial charge in [0.05, 0.1) is 12.1 Å². The zero-order chi connectivity index (χ0) is 12.3. The van der Waals surface area contributed by atoms with Crippen molar-refractivity contribution >= 4 is 10.9 Å². The van der Waals surface area contributed by atoms with E-state index in [4.69, 9.17) is 5.11 Å². The molecule has 0 fully saturated rings. The highest BCUT2D eigenvalue weighted by atomic mass is 16.3. The van der Waals surface area contributed by atoms with Crippen molar-refractivity contribution in [2.75, 3.05) is 6.61 Å². The van der Waals surface area contributed by atoms with Crippen LogP contribution in [-0.2, 0) is 13.1 Å². The van der Waals surface area contributed by atoms with E-state index in [0.29, 0.717) is 12.6 Å². The number of aliphatic hydroxyl groups is 1. The van der Waals surface area contributed by atoms with E-state index in [9.17, 15) is 0 Å². The lowest BCUT2D eigenvalue weighted by atomic mass is 10.1. The Morgan fingerprint density at radius 1 is 1.29 bits per heavy atom. The lowest BCUT2D eigenvalue weighted by Crippen LogP contribution is -2.22. The Balaban J connectivity index is 2.36. The van der Waals surface area contributed by atoms with E-state index < -0.39 is 0 Å². The Morgan fingerprint density at radius 3 is 2.82 bits per heavy atom. The number of nitrogens with one attached hydrogen (secondary N) is 1. The topological polar surface area (TPSA) is 37.2 Å². The summed E-state index contributed by atoms with van der Waals surface area (Å²) in [5.74, 6) is 0. The molecule has 0 saturated carbocycles. The van der Waals surface area contributed by atoms with E-state index in [1.807, 2.05) is 6.20 Å². The van der Waals surface area contributed by atoms with Crippen LogP contribution in [0.3, 0.4) is 0 Å². The van der Waals surface area contributed by atoms with Crippen LogP contribution in [0.1, 0.15) is 19.4 Å². The van der Waals surface area contributed by atoms with E-state index in [0.717, 1.165) is 6.54 Å². The van der Waals surface area contributed by atoms with Gasteiger partial charge in [0.15, 0.2) is 0 Å². The zero-order valence-electron chi connectivity index (χ0n) is 10.5. The monoisotopic (exact) mass is 232 g/mol. The van der Waals surface area contributed by atoms with Crippen LogP contribution in [0.4, 0.5) is 0 Å². The highest BCUT2D eigenvalue weighted by Crippen LogP contribution is 2.20. The molecule has 0 unspecified atom stereocenters. The summed E-state index contributed by atoms with van der Waals surface area (Å²) in [6, 6.07) is 8.92. The lowest BCUT2D eigenvalue weighted by molar-refractivity contribution is 0.278. The first-order valence-electron chi connectivity index (χ1n) is 6.13. The number of benzene rings is 1. The van der Waals surface area contributed by atoms with Crippen molar-refractivity contribution in [2.24, 2.45) is 0 Å². The van der Waals surface area contributed by atoms with Crippen molar-refractivity contribution in [1.82, 2.24) is 9.88 Å². The Bertz CT molecular complexity index is 488. The van der Waals surface area contributed by atoms with Crippen LogP contribution < -0.4 is 5.32 Å². The fraction of sp³-hybridized carbons (Fsp3) is 0.429. The molecular formula is C14H20N2O. The summed E-state index contributed by atoms with van der Waals surface area (Å²) < 4.78 is 2.12. The van der Waals surface area contributed by atoms with Crippen molar-refractivity contribution in [2.45, 2.75) is 33.0 Å². The van der Waals surface area contributed by atoms with Crippen LogP contribution in [0, 0.1) is 0 Å². The second-order valence-corrected chi connectivity index (χ2v) is 4.62. The molecule has 1 aromatic heterocycles. The van der Waals surface area contributed by atoms with Crippen molar-refractivity contribution < 1.29 is 5.11 Å². The maximum atomic E-state index is 9.07.